The van der Waals surface area contributed by atoms with Crippen molar-refractivity contribution in [2.45, 2.75) is 76.5 Å². The Hall–Kier alpha value is -1.82. The minimum Gasteiger partial charge on any atom is -0.103 e. The van der Waals surface area contributed by atoms with Crippen LogP contribution in [0.4, 0.5) is 0 Å². The fraction of sp³-hybridized carbons (Fsp3) is 0.481. The van der Waals surface area contributed by atoms with Crippen LogP contribution in [0.2, 0.25) is 0 Å². The van der Waals surface area contributed by atoms with E-state index in [1.807, 2.05) is 0 Å². The first-order valence-corrected chi connectivity index (χ1v) is 11.1. The van der Waals surface area contributed by atoms with Crippen LogP contribution in [0.15, 0.2) is 55.1 Å². The van der Waals surface area contributed by atoms with E-state index in [1.54, 1.807) is 22.3 Å². The van der Waals surface area contributed by atoms with E-state index in [9.17, 15) is 0 Å². The molecular formula is C27H34. The fourth-order valence-corrected chi connectivity index (χ4v) is 5.27. The highest BCUT2D eigenvalue weighted by Crippen LogP contribution is 2.38. The quantitative estimate of drug-likeness (QED) is 0.489. The molecule has 2 aliphatic rings. The van der Waals surface area contributed by atoms with Gasteiger partial charge in [0.2, 0.25) is 0 Å². The van der Waals surface area contributed by atoms with Crippen molar-refractivity contribution in [3.63, 3.8) is 0 Å². The van der Waals surface area contributed by atoms with Crippen molar-refractivity contribution < 1.29 is 0 Å². The van der Waals surface area contributed by atoms with Crippen LogP contribution < -0.4 is 0 Å². The van der Waals surface area contributed by atoms with E-state index in [4.69, 9.17) is 0 Å². The normalized spacial score (nSPS) is 25.0. The number of fused-ring (bicyclic) bond motifs is 1. The van der Waals surface area contributed by atoms with Gasteiger partial charge in [0.1, 0.15) is 0 Å². The second-order valence-corrected chi connectivity index (χ2v) is 8.81. The van der Waals surface area contributed by atoms with Gasteiger partial charge < -0.3 is 0 Å². The van der Waals surface area contributed by atoms with Gasteiger partial charge in [-0.3, -0.25) is 0 Å². The first-order chi connectivity index (χ1) is 13.3. The van der Waals surface area contributed by atoms with E-state index in [-0.39, 0.29) is 0 Å². The molecule has 1 unspecified atom stereocenters. The third-order valence-corrected chi connectivity index (χ3v) is 7.02. The predicted octanol–water partition coefficient (Wildman–Crippen LogP) is 7.37. The highest BCUT2D eigenvalue weighted by Gasteiger charge is 2.23. The highest BCUT2D eigenvalue weighted by molar-refractivity contribution is 5.38. The monoisotopic (exact) mass is 358 g/mol. The molecule has 0 N–H and O–H groups in total. The van der Waals surface area contributed by atoms with Crippen LogP contribution in [0.1, 0.15) is 85.1 Å². The largest absolute Gasteiger partial charge is 0.103 e. The third-order valence-electron chi connectivity index (χ3n) is 7.02. The molecule has 2 aliphatic carbocycles. The molecule has 1 atom stereocenters. The SMILES string of the molecule is C=CC1CCC(c2ccc(C3CCc4cc(CCC)ccc4C3)cc2)CC1. The second-order valence-electron chi connectivity index (χ2n) is 8.81. The Morgan fingerprint density at radius 2 is 1.56 bits per heavy atom. The Morgan fingerprint density at radius 1 is 0.852 bits per heavy atom. The van der Waals surface area contributed by atoms with Crippen LogP contribution in [0, 0.1) is 5.92 Å². The summed E-state index contributed by atoms with van der Waals surface area (Å²) in [6.07, 6.45) is 13.6. The third kappa shape index (κ3) is 4.21. The van der Waals surface area contributed by atoms with E-state index < -0.39 is 0 Å². The molecule has 0 aliphatic heterocycles. The summed E-state index contributed by atoms with van der Waals surface area (Å²) >= 11 is 0. The molecule has 0 nitrogen and oxygen atoms in total. The molecule has 4 rings (SSSR count). The van der Waals surface area contributed by atoms with E-state index in [1.165, 1.54) is 63.4 Å². The van der Waals surface area contributed by atoms with Gasteiger partial charge in [-0.05, 0) is 96.9 Å². The minimum atomic E-state index is 0.695. The maximum Gasteiger partial charge on any atom is -0.0118 e. The number of hydrogen-bond donors (Lipinski definition) is 0. The number of benzene rings is 2. The van der Waals surface area contributed by atoms with Crippen LogP contribution in [-0.2, 0) is 19.3 Å². The van der Waals surface area contributed by atoms with Gasteiger partial charge >= 0.3 is 0 Å². The summed E-state index contributed by atoms with van der Waals surface area (Å²) in [5, 5.41) is 0. The standard InChI is InChI=1S/C27H34/c1-3-5-21-8-11-27-19-26(17-16-25(27)18-21)24-14-12-23(13-15-24)22-9-6-20(4-2)7-10-22/h4,8,11-15,18,20,22,26H,2-3,5-7,9-10,16-17,19H2,1H3. The minimum absolute atomic E-state index is 0.695. The van der Waals surface area contributed by atoms with Gasteiger partial charge in [-0.15, -0.1) is 6.58 Å². The predicted molar refractivity (Wildman–Crippen MR) is 117 cm³/mol. The molecule has 0 aromatic heterocycles. The molecule has 142 valence electrons. The van der Waals surface area contributed by atoms with Gasteiger partial charge in [0.05, 0.1) is 0 Å². The fourth-order valence-electron chi connectivity index (χ4n) is 5.27. The van der Waals surface area contributed by atoms with Gasteiger partial charge in [0, 0.05) is 0 Å². The molecule has 2 aromatic carbocycles. The molecular weight excluding hydrogens is 324 g/mol. The summed E-state index contributed by atoms with van der Waals surface area (Å²) in [6, 6.07) is 16.9. The van der Waals surface area contributed by atoms with Gasteiger partial charge in [-0.25, -0.2) is 0 Å². The van der Waals surface area contributed by atoms with E-state index in [0.717, 1.165) is 11.8 Å². The summed E-state index contributed by atoms with van der Waals surface area (Å²) in [4.78, 5) is 0. The summed E-state index contributed by atoms with van der Waals surface area (Å²) in [5.74, 6) is 2.21. The van der Waals surface area contributed by atoms with Crippen LogP contribution in [0.25, 0.3) is 0 Å². The lowest BCUT2D eigenvalue weighted by Crippen LogP contribution is -2.14. The van der Waals surface area contributed by atoms with Crippen LogP contribution in [0.5, 0.6) is 0 Å². The topological polar surface area (TPSA) is 0 Å². The first-order valence-electron chi connectivity index (χ1n) is 11.1. The maximum atomic E-state index is 3.98. The smallest absolute Gasteiger partial charge is 0.0118 e. The number of rotatable bonds is 5. The average Bonchev–Trinajstić information content (AvgIpc) is 2.74. The van der Waals surface area contributed by atoms with E-state index in [0.29, 0.717) is 5.92 Å². The lowest BCUT2D eigenvalue weighted by Gasteiger charge is -2.28. The molecule has 1 saturated carbocycles. The van der Waals surface area contributed by atoms with Crippen molar-refractivity contribution in [1.29, 1.82) is 0 Å². The zero-order valence-electron chi connectivity index (χ0n) is 16.9. The van der Waals surface area contributed by atoms with Gasteiger partial charge in [0.15, 0.2) is 0 Å². The Balaban J connectivity index is 1.42. The Morgan fingerprint density at radius 3 is 2.22 bits per heavy atom. The average molecular weight is 359 g/mol. The van der Waals surface area contributed by atoms with Crippen LogP contribution in [-0.4, -0.2) is 0 Å². The lowest BCUT2D eigenvalue weighted by atomic mass is 9.77. The molecule has 2 aromatic rings. The molecule has 0 heterocycles. The van der Waals surface area contributed by atoms with Gasteiger partial charge in [0.25, 0.3) is 0 Å². The van der Waals surface area contributed by atoms with Crippen molar-refractivity contribution in [3.8, 4) is 0 Å². The highest BCUT2D eigenvalue weighted by atomic mass is 14.3. The van der Waals surface area contributed by atoms with Crippen molar-refractivity contribution >= 4 is 0 Å². The van der Waals surface area contributed by atoms with Crippen molar-refractivity contribution in [1.82, 2.24) is 0 Å². The number of aryl methyl sites for hydroxylation is 2. The molecule has 0 heteroatoms. The molecule has 0 spiro atoms. The molecule has 27 heavy (non-hydrogen) atoms. The lowest BCUT2D eigenvalue weighted by molar-refractivity contribution is 0.376. The maximum absolute atomic E-state index is 3.98. The molecule has 0 saturated heterocycles. The second kappa shape index (κ2) is 8.46. The van der Waals surface area contributed by atoms with Crippen LogP contribution in [0.3, 0.4) is 0 Å². The summed E-state index contributed by atoms with van der Waals surface area (Å²) < 4.78 is 0. The van der Waals surface area contributed by atoms with Crippen LogP contribution >= 0.6 is 0 Å². The van der Waals surface area contributed by atoms with E-state index in [2.05, 4.69) is 62.0 Å². The van der Waals surface area contributed by atoms with Gasteiger partial charge in [-0.1, -0.05) is 61.9 Å². The van der Waals surface area contributed by atoms with Gasteiger partial charge in [-0.2, -0.15) is 0 Å². The van der Waals surface area contributed by atoms with E-state index >= 15 is 0 Å². The van der Waals surface area contributed by atoms with Crippen molar-refractivity contribution in [3.05, 3.63) is 82.9 Å². The summed E-state index contributed by atoms with van der Waals surface area (Å²) in [6.45, 7) is 6.24. The van der Waals surface area contributed by atoms with Crippen molar-refractivity contribution in [2.75, 3.05) is 0 Å². The summed E-state index contributed by atoms with van der Waals surface area (Å²) in [7, 11) is 0. The Labute approximate surface area is 165 Å². The Bertz CT molecular complexity index is 759. The molecule has 0 bridgehead atoms. The zero-order valence-corrected chi connectivity index (χ0v) is 16.9. The van der Waals surface area contributed by atoms with Crippen molar-refractivity contribution in [2.24, 2.45) is 5.92 Å². The zero-order chi connectivity index (χ0) is 18.6. The number of allylic oxidation sites excluding steroid dienone is 1. The molecule has 1 fully saturated rings. The number of hydrogen-bond acceptors (Lipinski definition) is 0. The Kier molecular flexibility index (Phi) is 5.81. The summed E-state index contributed by atoms with van der Waals surface area (Å²) in [5.41, 5.74) is 7.81. The first kappa shape index (κ1) is 18.5. The molecule has 0 amide bonds. The molecule has 0 radical (unpaired) electrons.